The van der Waals surface area contributed by atoms with E-state index in [-0.39, 0.29) is 12.6 Å². The van der Waals surface area contributed by atoms with Crippen molar-refractivity contribution >= 4 is 0 Å². The van der Waals surface area contributed by atoms with Crippen LogP contribution in [0.1, 0.15) is 39.5 Å². The summed E-state index contributed by atoms with van der Waals surface area (Å²) in [5.74, 6) is 0. The highest BCUT2D eigenvalue weighted by Gasteiger charge is 2.33. The van der Waals surface area contributed by atoms with Crippen LogP contribution in [0, 0.1) is 0 Å². The van der Waals surface area contributed by atoms with Crippen LogP contribution in [0.2, 0.25) is 0 Å². The van der Waals surface area contributed by atoms with Crippen molar-refractivity contribution in [1.29, 1.82) is 0 Å². The summed E-state index contributed by atoms with van der Waals surface area (Å²) in [6, 6.07) is 1.61. The summed E-state index contributed by atoms with van der Waals surface area (Å²) in [5.41, 5.74) is 0. The van der Waals surface area contributed by atoms with Gasteiger partial charge in [-0.2, -0.15) is 0 Å². The largest absolute Gasteiger partial charge is 0.395 e. The van der Waals surface area contributed by atoms with Gasteiger partial charge >= 0.3 is 0 Å². The van der Waals surface area contributed by atoms with Gasteiger partial charge in [-0.3, -0.25) is 9.80 Å². The van der Waals surface area contributed by atoms with Gasteiger partial charge in [-0.15, -0.1) is 0 Å². The van der Waals surface area contributed by atoms with Crippen LogP contribution in [0.5, 0.6) is 0 Å². The number of fused-ring (bicyclic) bond motifs is 1. The number of aliphatic hydroxyl groups excluding tert-OH is 1. The molecular weight excluding hydrogens is 238 g/mol. The highest BCUT2D eigenvalue weighted by molar-refractivity contribution is 4.90. The third-order valence-electron chi connectivity index (χ3n) is 4.67. The second-order valence-electron chi connectivity index (χ2n) is 6.28. The van der Waals surface area contributed by atoms with Crippen LogP contribution in [-0.4, -0.2) is 72.4 Å². The van der Waals surface area contributed by atoms with Gasteiger partial charge in [-0.05, 0) is 39.3 Å². The molecule has 0 aromatic heterocycles. The molecule has 2 aliphatic heterocycles. The van der Waals surface area contributed by atoms with E-state index in [9.17, 15) is 5.11 Å². The maximum atomic E-state index is 9.50. The van der Waals surface area contributed by atoms with E-state index in [2.05, 4.69) is 29.0 Å². The summed E-state index contributed by atoms with van der Waals surface area (Å²) in [6.45, 7) is 10.4. The molecule has 2 fully saturated rings. The molecule has 19 heavy (non-hydrogen) atoms. The number of rotatable bonds is 6. The monoisotopic (exact) mass is 269 g/mol. The molecule has 2 heterocycles. The minimum Gasteiger partial charge on any atom is -0.395 e. The van der Waals surface area contributed by atoms with E-state index in [0.717, 1.165) is 25.6 Å². The van der Waals surface area contributed by atoms with Gasteiger partial charge in [0.05, 0.1) is 6.61 Å². The molecule has 4 heteroatoms. The maximum Gasteiger partial charge on any atom is 0.0597 e. The van der Waals surface area contributed by atoms with Crippen molar-refractivity contribution in [1.82, 2.24) is 15.1 Å². The number of hydrogen-bond acceptors (Lipinski definition) is 4. The third kappa shape index (κ3) is 4.15. The lowest BCUT2D eigenvalue weighted by atomic mass is 9.97. The van der Waals surface area contributed by atoms with E-state index in [1.165, 1.54) is 38.9 Å². The second-order valence-corrected chi connectivity index (χ2v) is 6.28. The van der Waals surface area contributed by atoms with Crippen LogP contribution in [0.4, 0.5) is 0 Å². The lowest BCUT2D eigenvalue weighted by molar-refractivity contribution is 0.00746. The predicted molar refractivity (Wildman–Crippen MR) is 79.4 cm³/mol. The maximum absolute atomic E-state index is 9.50. The third-order valence-corrected chi connectivity index (χ3v) is 4.67. The number of nitrogens with zero attached hydrogens (tertiary/aromatic N) is 2. The van der Waals surface area contributed by atoms with E-state index in [1.807, 2.05) is 0 Å². The zero-order chi connectivity index (χ0) is 13.7. The Kier molecular flexibility index (Phi) is 6.07. The van der Waals surface area contributed by atoms with E-state index >= 15 is 0 Å². The van der Waals surface area contributed by atoms with Crippen molar-refractivity contribution in [2.75, 3.05) is 39.3 Å². The van der Waals surface area contributed by atoms with Crippen molar-refractivity contribution < 1.29 is 5.11 Å². The minimum absolute atomic E-state index is 0.234. The Labute approximate surface area is 118 Å². The molecule has 0 spiro atoms. The topological polar surface area (TPSA) is 38.7 Å². The SMILES string of the molecule is CCCNC(CO)CN1CC2CCCCN2CC1C. The Morgan fingerprint density at radius 1 is 1.32 bits per heavy atom. The number of nitrogens with one attached hydrogen (secondary N) is 1. The number of aliphatic hydroxyl groups is 1. The average molecular weight is 269 g/mol. The molecule has 0 aliphatic carbocycles. The van der Waals surface area contributed by atoms with Gasteiger partial charge in [0.2, 0.25) is 0 Å². The summed E-state index contributed by atoms with van der Waals surface area (Å²) in [4.78, 5) is 5.26. The van der Waals surface area contributed by atoms with Gasteiger partial charge in [0, 0.05) is 37.8 Å². The molecule has 4 nitrogen and oxygen atoms in total. The molecule has 0 amide bonds. The normalized spacial score (nSPS) is 31.1. The smallest absolute Gasteiger partial charge is 0.0597 e. The van der Waals surface area contributed by atoms with Crippen LogP contribution >= 0.6 is 0 Å². The summed E-state index contributed by atoms with van der Waals surface area (Å²) in [5, 5.41) is 13.0. The Bertz CT molecular complexity index is 262. The van der Waals surface area contributed by atoms with E-state index in [4.69, 9.17) is 0 Å². The predicted octanol–water partition coefficient (Wildman–Crippen LogP) is 0.906. The molecule has 3 unspecified atom stereocenters. The van der Waals surface area contributed by atoms with Crippen LogP contribution in [0.25, 0.3) is 0 Å². The van der Waals surface area contributed by atoms with Gasteiger partial charge in [-0.25, -0.2) is 0 Å². The average Bonchev–Trinajstić information content (AvgIpc) is 2.43. The molecular formula is C15H31N3O. The van der Waals surface area contributed by atoms with E-state index in [1.54, 1.807) is 0 Å². The number of piperidine rings is 1. The van der Waals surface area contributed by atoms with E-state index < -0.39 is 0 Å². The first-order valence-corrected chi connectivity index (χ1v) is 8.07. The molecule has 0 radical (unpaired) electrons. The highest BCUT2D eigenvalue weighted by atomic mass is 16.3. The molecule has 112 valence electrons. The van der Waals surface area contributed by atoms with Gasteiger partial charge in [-0.1, -0.05) is 13.3 Å². The summed E-state index contributed by atoms with van der Waals surface area (Å²) >= 11 is 0. The lowest BCUT2D eigenvalue weighted by Crippen LogP contribution is -2.60. The van der Waals surface area contributed by atoms with Gasteiger partial charge in [0.25, 0.3) is 0 Å². The minimum atomic E-state index is 0.234. The van der Waals surface area contributed by atoms with Crippen LogP contribution in [-0.2, 0) is 0 Å². The number of piperazine rings is 1. The van der Waals surface area contributed by atoms with Crippen molar-refractivity contribution in [3.63, 3.8) is 0 Å². The molecule has 2 N–H and O–H groups in total. The fourth-order valence-electron chi connectivity index (χ4n) is 3.49. The number of hydrogen-bond donors (Lipinski definition) is 2. The van der Waals surface area contributed by atoms with Crippen LogP contribution < -0.4 is 5.32 Å². The van der Waals surface area contributed by atoms with Crippen molar-refractivity contribution in [2.45, 2.75) is 57.7 Å². The Morgan fingerprint density at radius 2 is 2.16 bits per heavy atom. The lowest BCUT2D eigenvalue weighted by Gasteiger charge is -2.48. The second kappa shape index (κ2) is 7.58. The van der Waals surface area contributed by atoms with Crippen LogP contribution in [0.15, 0.2) is 0 Å². The zero-order valence-corrected chi connectivity index (χ0v) is 12.6. The highest BCUT2D eigenvalue weighted by Crippen LogP contribution is 2.23. The Balaban J connectivity index is 1.84. The first-order chi connectivity index (χ1) is 9.24. The van der Waals surface area contributed by atoms with Crippen molar-refractivity contribution in [3.05, 3.63) is 0 Å². The van der Waals surface area contributed by atoms with Gasteiger partial charge in [0.1, 0.15) is 0 Å². The standard InChI is InChI=1S/C15H31N3O/c1-3-7-16-14(12-19)10-18-11-15-6-4-5-8-17(15)9-13(18)2/h13-16,19H,3-12H2,1-2H3. The molecule has 0 aromatic carbocycles. The first kappa shape index (κ1) is 15.2. The van der Waals surface area contributed by atoms with Gasteiger partial charge < -0.3 is 10.4 Å². The summed E-state index contributed by atoms with van der Waals surface area (Å²) in [7, 11) is 0. The molecule has 2 rings (SSSR count). The molecule has 0 aromatic rings. The van der Waals surface area contributed by atoms with Crippen molar-refractivity contribution in [2.24, 2.45) is 0 Å². The zero-order valence-electron chi connectivity index (χ0n) is 12.6. The summed E-state index contributed by atoms with van der Waals surface area (Å²) < 4.78 is 0. The van der Waals surface area contributed by atoms with Crippen molar-refractivity contribution in [3.8, 4) is 0 Å². The molecule has 3 atom stereocenters. The first-order valence-electron chi connectivity index (χ1n) is 8.07. The fraction of sp³-hybridized carbons (Fsp3) is 1.00. The molecule has 0 bridgehead atoms. The quantitative estimate of drug-likeness (QED) is 0.752. The van der Waals surface area contributed by atoms with Gasteiger partial charge in [0.15, 0.2) is 0 Å². The fourth-order valence-corrected chi connectivity index (χ4v) is 3.49. The summed E-state index contributed by atoms with van der Waals surface area (Å²) in [6.07, 6.45) is 5.25. The van der Waals surface area contributed by atoms with Crippen LogP contribution in [0.3, 0.4) is 0 Å². The Morgan fingerprint density at radius 3 is 2.89 bits per heavy atom. The molecule has 2 aliphatic rings. The molecule has 0 saturated carbocycles. The van der Waals surface area contributed by atoms with E-state index in [0.29, 0.717) is 6.04 Å². The molecule has 2 saturated heterocycles. The Hall–Kier alpha value is -0.160.